The normalized spacial score (nSPS) is 23.1. The minimum atomic E-state index is -0.269. The molecule has 1 N–H and O–H groups in total. The summed E-state index contributed by atoms with van der Waals surface area (Å²) in [7, 11) is 0. The van der Waals surface area contributed by atoms with Crippen molar-refractivity contribution in [2.75, 3.05) is 18.0 Å². The van der Waals surface area contributed by atoms with Crippen molar-refractivity contribution < 1.29 is 5.11 Å². The number of aromatic nitrogens is 5. The molecule has 0 radical (unpaired) electrons. The smallest absolute Gasteiger partial charge is 0.256 e. The predicted octanol–water partition coefficient (Wildman–Crippen LogP) is 0.918. The summed E-state index contributed by atoms with van der Waals surface area (Å²) in [5.74, 6) is 1.09. The first-order valence-corrected chi connectivity index (χ1v) is 6.86. The van der Waals surface area contributed by atoms with Crippen LogP contribution in [-0.4, -0.2) is 49.0 Å². The summed E-state index contributed by atoms with van der Waals surface area (Å²) in [6.45, 7) is 3.40. The lowest BCUT2D eigenvalue weighted by Crippen LogP contribution is -2.42. The summed E-state index contributed by atoms with van der Waals surface area (Å²) < 4.78 is 1.54. The molecule has 2 atom stereocenters. The molecule has 0 aliphatic carbocycles. The van der Waals surface area contributed by atoms with Crippen LogP contribution in [0.4, 0.5) is 5.95 Å². The Morgan fingerprint density at radius 2 is 2.10 bits per heavy atom. The van der Waals surface area contributed by atoms with Gasteiger partial charge in [0.2, 0.25) is 11.2 Å². The highest BCUT2D eigenvalue weighted by molar-refractivity contribution is 6.28. The molecule has 106 valence electrons. The van der Waals surface area contributed by atoms with E-state index in [9.17, 15) is 5.11 Å². The molecule has 20 heavy (non-hydrogen) atoms. The predicted molar refractivity (Wildman–Crippen MR) is 74.0 cm³/mol. The van der Waals surface area contributed by atoms with E-state index in [1.54, 1.807) is 23.1 Å². The van der Waals surface area contributed by atoms with E-state index in [-0.39, 0.29) is 17.3 Å². The average molecular weight is 295 g/mol. The van der Waals surface area contributed by atoms with Crippen LogP contribution in [0.2, 0.25) is 5.28 Å². The molecule has 3 heterocycles. The van der Waals surface area contributed by atoms with Gasteiger partial charge in [0.15, 0.2) is 0 Å². The van der Waals surface area contributed by atoms with Crippen molar-refractivity contribution in [1.82, 2.24) is 24.7 Å². The molecule has 7 nitrogen and oxygen atoms in total. The van der Waals surface area contributed by atoms with Crippen LogP contribution in [0.3, 0.4) is 0 Å². The Labute approximate surface area is 121 Å². The number of hydrogen-bond acceptors (Lipinski definition) is 6. The fourth-order valence-corrected chi connectivity index (χ4v) is 2.43. The van der Waals surface area contributed by atoms with Gasteiger partial charge in [-0.3, -0.25) is 0 Å². The van der Waals surface area contributed by atoms with Gasteiger partial charge in [0.05, 0.1) is 6.10 Å². The Bertz CT molecular complexity index is 590. The largest absolute Gasteiger partial charge is 0.393 e. The number of rotatable bonds is 2. The standard InChI is InChI=1S/C12H15ClN6O/c1-8-7-18(6-3-9(8)20)11-15-10(13)16-12(17-11)19-5-2-4-14-19/h2,4-5,8-9,20H,3,6-7H2,1H3. The Balaban J connectivity index is 1.90. The van der Waals surface area contributed by atoms with Crippen LogP contribution in [0.5, 0.6) is 0 Å². The van der Waals surface area contributed by atoms with Gasteiger partial charge in [-0.15, -0.1) is 0 Å². The summed E-state index contributed by atoms with van der Waals surface area (Å²) in [4.78, 5) is 14.7. The zero-order valence-corrected chi connectivity index (χ0v) is 11.8. The molecule has 8 heteroatoms. The minimum Gasteiger partial charge on any atom is -0.393 e. The Kier molecular flexibility index (Phi) is 3.54. The van der Waals surface area contributed by atoms with E-state index >= 15 is 0 Å². The summed E-state index contributed by atoms with van der Waals surface area (Å²) in [5, 5.41) is 14.0. The molecule has 1 aliphatic heterocycles. The number of halogens is 1. The molecule has 2 unspecified atom stereocenters. The molecule has 2 aromatic heterocycles. The van der Waals surface area contributed by atoms with Crippen molar-refractivity contribution in [3.05, 3.63) is 23.7 Å². The molecule has 0 bridgehead atoms. The molecule has 0 saturated carbocycles. The van der Waals surface area contributed by atoms with Gasteiger partial charge in [0.25, 0.3) is 5.95 Å². The van der Waals surface area contributed by atoms with Gasteiger partial charge in [-0.2, -0.15) is 20.1 Å². The number of piperidine rings is 1. The lowest BCUT2D eigenvalue weighted by atomic mass is 9.97. The Morgan fingerprint density at radius 3 is 2.80 bits per heavy atom. The maximum Gasteiger partial charge on any atom is 0.256 e. The molecule has 1 aliphatic rings. The van der Waals surface area contributed by atoms with Crippen molar-refractivity contribution in [3.8, 4) is 5.95 Å². The Morgan fingerprint density at radius 1 is 1.30 bits per heavy atom. The molecular formula is C12H15ClN6O. The third kappa shape index (κ3) is 2.59. The maximum atomic E-state index is 9.78. The molecule has 0 aromatic carbocycles. The molecule has 0 amide bonds. The fourth-order valence-electron chi connectivity index (χ4n) is 2.28. The highest BCUT2D eigenvalue weighted by atomic mass is 35.5. The zero-order valence-electron chi connectivity index (χ0n) is 11.0. The second kappa shape index (κ2) is 5.34. The fraction of sp³-hybridized carbons (Fsp3) is 0.500. The van der Waals surface area contributed by atoms with Gasteiger partial charge in [0, 0.05) is 25.5 Å². The van der Waals surface area contributed by atoms with Crippen LogP contribution in [0, 0.1) is 5.92 Å². The Hall–Kier alpha value is -1.73. The first kappa shape index (κ1) is 13.3. The van der Waals surface area contributed by atoms with Crippen LogP contribution in [0.25, 0.3) is 5.95 Å². The molecule has 1 fully saturated rings. The number of anilines is 1. The summed E-state index contributed by atoms with van der Waals surface area (Å²) >= 11 is 5.97. The summed E-state index contributed by atoms with van der Waals surface area (Å²) in [6.07, 6.45) is 3.82. The van der Waals surface area contributed by atoms with Crippen LogP contribution in [-0.2, 0) is 0 Å². The number of aliphatic hydroxyl groups is 1. The lowest BCUT2D eigenvalue weighted by Gasteiger charge is -2.34. The van der Waals surface area contributed by atoms with Crippen LogP contribution >= 0.6 is 11.6 Å². The van der Waals surface area contributed by atoms with E-state index in [1.807, 2.05) is 11.8 Å². The first-order valence-electron chi connectivity index (χ1n) is 6.48. The van der Waals surface area contributed by atoms with Gasteiger partial charge >= 0.3 is 0 Å². The minimum absolute atomic E-state index is 0.138. The molecule has 3 rings (SSSR count). The van der Waals surface area contributed by atoms with E-state index in [0.717, 1.165) is 0 Å². The van der Waals surface area contributed by atoms with E-state index in [2.05, 4.69) is 20.1 Å². The SMILES string of the molecule is CC1CN(c2nc(Cl)nc(-n3cccn3)n2)CCC1O. The third-order valence-corrected chi connectivity index (χ3v) is 3.61. The van der Waals surface area contributed by atoms with Crippen LogP contribution < -0.4 is 4.90 Å². The topological polar surface area (TPSA) is 80.0 Å². The van der Waals surface area contributed by atoms with Gasteiger partial charge in [-0.05, 0) is 30.0 Å². The number of aliphatic hydroxyl groups excluding tert-OH is 1. The van der Waals surface area contributed by atoms with Crippen molar-refractivity contribution in [3.63, 3.8) is 0 Å². The van der Waals surface area contributed by atoms with E-state index in [1.165, 1.54) is 0 Å². The monoisotopic (exact) mass is 294 g/mol. The van der Waals surface area contributed by atoms with Crippen molar-refractivity contribution in [2.24, 2.45) is 5.92 Å². The summed E-state index contributed by atoms with van der Waals surface area (Å²) in [6, 6.07) is 1.79. The average Bonchev–Trinajstić information content (AvgIpc) is 2.95. The maximum absolute atomic E-state index is 9.78. The highest BCUT2D eigenvalue weighted by Gasteiger charge is 2.26. The van der Waals surface area contributed by atoms with Crippen molar-refractivity contribution in [2.45, 2.75) is 19.4 Å². The molecule has 2 aromatic rings. The lowest BCUT2D eigenvalue weighted by molar-refractivity contribution is 0.0966. The van der Waals surface area contributed by atoms with E-state index in [0.29, 0.717) is 31.4 Å². The van der Waals surface area contributed by atoms with E-state index < -0.39 is 0 Å². The molecular weight excluding hydrogens is 280 g/mol. The van der Waals surface area contributed by atoms with Gasteiger partial charge < -0.3 is 10.0 Å². The van der Waals surface area contributed by atoms with Gasteiger partial charge in [0.1, 0.15) is 0 Å². The number of hydrogen-bond donors (Lipinski definition) is 1. The molecule has 1 saturated heterocycles. The third-order valence-electron chi connectivity index (χ3n) is 3.44. The van der Waals surface area contributed by atoms with Crippen molar-refractivity contribution >= 4 is 17.5 Å². The van der Waals surface area contributed by atoms with Crippen molar-refractivity contribution in [1.29, 1.82) is 0 Å². The zero-order chi connectivity index (χ0) is 14.1. The quantitative estimate of drug-likeness (QED) is 0.887. The second-order valence-corrected chi connectivity index (χ2v) is 5.27. The van der Waals surface area contributed by atoms with Gasteiger partial charge in [-0.1, -0.05) is 6.92 Å². The van der Waals surface area contributed by atoms with Crippen LogP contribution in [0.15, 0.2) is 18.5 Å². The second-order valence-electron chi connectivity index (χ2n) is 4.93. The number of nitrogens with zero attached hydrogens (tertiary/aromatic N) is 6. The van der Waals surface area contributed by atoms with Crippen LogP contribution in [0.1, 0.15) is 13.3 Å². The van der Waals surface area contributed by atoms with Gasteiger partial charge in [-0.25, -0.2) is 4.68 Å². The highest BCUT2D eigenvalue weighted by Crippen LogP contribution is 2.21. The first-order chi connectivity index (χ1) is 9.63. The molecule has 0 spiro atoms. The van der Waals surface area contributed by atoms with E-state index in [4.69, 9.17) is 11.6 Å². The summed E-state index contributed by atoms with van der Waals surface area (Å²) in [5.41, 5.74) is 0.